The van der Waals surface area contributed by atoms with Crippen LogP contribution in [0.5, 0.6) is 0 Å². The van der Waals surface area contributed by atoms with Crippen molar-refractivity contribution in [1.29, 1.82) is 0 Å². The minimum absolute atomic E-state index is 0.342. The minimum atomic E-state index is -2.79. The maximum Gasteiger partial charge on any atom is 0.217 e. The largest absolute Gasteiger partial charge is 0.457 e. The molecule has 0 aliphatic carbocycles. The van der Waals surface area contributed by atoms with Crippen LogP contribution in [0, 0.1) is 18.8 Å². The third-order valence-corrected chi connectivity index (χ3v) is 8.11. The summed E-state index contributed by atoms with van der Waals surface area (Å²) in [5.41, 5.74) is 0.662. The molecule has 0 amide bonds. The summed E-state index contributed by atoms with van der Waals surface area (Å²) in [6.07, 6.45) is 2.11. The van der Waals surface area contributed by atoms with Gasteiger partial charge in [0.2, 0.25) is 7.29 Å². The topological polar surface area (TPSA) is 33.5 Å². The molecule has 1 unspecified atom stereocenters. The molecule has 0 spiro atoms. The van der Waals surface area contributed by atoms with Gasteiger partial charge in [-0.1, -0.05) is 48.5 Å². The van der Waals surface area contributed by atoms with E-state index in [-0.39, 0.29) is 5.16 Å². The van der Waals surface area contributed by atoms with Crippen molar-refractivity contribution < 1.29 is 8.98 Å². The first-order valence-corrected chi connectivity index (χ1v) is 10.6. The number of rotatable bonds is 8. The van der Waals surface area contributed by atoms with Gasteiger partial charge in [-0.15, -0.1) is 0 Å². The zero-order chi connectivity index (χ0) is 17.8. The molecule has 0 radical (unpaired) electrons. The Morgan fingerprint density at radius 3 is 1.83 bits per heavy atom. The fourth-order valence-corrected chi connectivity index (χ4v) is 5.81. The summed E-state index contributed by atoms with van der Waals surface area (Å²) >= 11 is 0. The summed E-state index contributed by atoms with van der Waals surface area (Å²) in [6, 6.07) is 3.84. The van der Waals surface area contributed by atoms with Crippen molar-refractivity contribution in [3.8, 4) is 0 Å². The number of aryl methyl sites for hydroxylation is 1. The smallest absolute Gasteiger partial charge is 0.217 e. The molecule has 134 valence electrons. The molecule has 1 aromatic rings. The van der Waals surface area contributed by atoms with Gasteiger partial charge in [-0.05, 0) is 43.7 Å². The number of nitrogens with zero attached hydrogens (tertiary/aromatic N) is 1. The van der Waals surface area contributed by atoms with Crippen molar-refractivity contribution >= 4 is 12.8 Å². The molecule has 0 N–H and O–H groups in total. The van der Waals surface area contributed by atoms with Gasteiger partial charge < -0.3 is 4.42 Å². The van der Waals surface area contributed by atoms with Gasteiger partial charge in [0.15, 0.2) is 5.50 Å². The van der Waals surface area contributed by atoms with Gasteiger partial charge in [0.05, 0.1) is 0 Å². The molecule has 0 aliphatic heterocycles. The Kier molecular flexibility index (Phi) is 7.16. The molecule has 0 aliphatic rings. The Labute approximate surface area is 143 Å². The van der Waals surface area contributed by atoms with Gasteiger partial charge in [-0.2, -0.15) is 0 Å². The fourth-order valence-electron chi connectivity index (χ4n) is 2.69. The van der Waals surface area contributed by atoms with Crippen molar-refractivity contribution in [2.45, 2.75) is 73.4 Å². The summed E-state index contributed by atoms with van der Waals surface area (Å²) < 4.78 is 22.3. The highest BCUT2D eigenvalue weighted by Gasteiger charge is 2.45. The van der Waals surface area contributed by atoms with Gasteiger partial charge in [-0.3, -0.25) is 4.57 Å². The van der Waals surface area contributed by atoms with Gasteiger partial charge in [0.1, 0.15) is 5.76 Å². The van der Waals surface area contributed by atoms with E-state index in [2.05, 4.69) is 53.1 Å². The van der Waals surface area contributed by atoms with Crippen molar-refractivity contribution in [3.63, 3.8) is 0 Å². The predicted octanol–water partition coefficient (Wildman–Crippen LogP) is 5.68. The van der Waals surface area contributed by atoms with Crippen LogP contribution >= 0.6 is 7.29 Å². The lowest BCUT2D eigenvalue weighted by atomic mass is 10.1. The van der Waals surface area contributed by atoms with Gasteiger partial charge in [0, 0.05) is 18.2 Å². The standard InChI is InChI=1S/C19H36NO2P/c1-15(2)11-13-20(14-12-16(3)4)23(21,19(6,7)8)18-10-9-17(5)22-18/h9-10,15-16H,11-14H2,1-8H3. The Morgan fingerprint density at radius 1 is 1.04 bits per heavy atom. The van der Waals surface area contributed by atoms with Crippen molar-refractivity contribution in [2.24, 2.45) is 11.8 Å². The second kappa shape index (κ2) is 8.03. The molecule has 0 fully saturated rings. The fraction of sp³-hybridized carbons (Fsp3) is 0.789. The first-order chi connectivity index (χ1) is 10.5. The van der Waals surface area contributed by atoms with Crippen LogP contribution in [0.15, 0.2) is 16.5 Å². The third kappa shape index (κ3) is 5.22. The van der Waals surface area contributed by atoms with E-state index in [0.717, 1.165) is 31.7 Å². The Hall–Kier alpha value is -0.530. The maximum absolute atomic E-state index is 14.2. The maximum atomic E-state index is 14.2. The van der Waals surface area contributed by atoms with Crippen LogP contribution in [0.3, 0.4) is 0 Å². The number of hydrogen-bond donors (Lipinski definition) is 0. The molecule has 3 nitrogen and oxygen atoms in total. The van der Waals surface area contributed by atoms with E-state index in [1.807, 2.05) is 19.1 Å². The Balaban J connectivity index is 3.23. The first kappa shape index (κ1) is 20.5. The van der Waals surface area contributed by atoms with Crippen LogP contribution in [-0.2, 0) is 4.57 Å². The molecule has 1 atom stereocenters. The normalized spacial score (nSPS) is 15.6. The lowest BCUT2D eigenvalue weighted by molar-refractivity contribution is 0.345. The molecule has 0 saturated heterocycles. The molecular weight excluding hydrogens is 305 g/mol. The van der Waals surface area contributed by atoms with Crippen molar-refractivity contribution in [2.75, 3.05) is 13.1 Å². The van der Waals surface area contributed by atoms with E-state index < -0.39 is 7.29 Å². The van der Waals surface area contributed by atoms with Crippen LogP contribution in [0.4, 0.5) is 0 Å². The predicted molar refractivity (Wildman–Crippen MR) is 101 cm³/mol. The summed E-state index contributed by atoms with van der Waals surface area (Å²) in [6.45, 7) is 18.7. The zero-order valence-electron chi connectivity index (χ0n) is 16.3. The molecule has 4 heteroatoms. The third-order valence-electron chi connectivity index (χ3n) is 4.26. The molecule has 0 saturated carbocycles. The highest BCUT2D eigenvalue weighted by molar-refractivity contribution is 7.70. The Bertz CT molecular complexity index is 514. The Morgan fingerprint density at radius 2 is 1.52 bits per heavy atom. The lowest BCUT2D eigenvalue weighted by Gasteiger charge is -2.39. The lowest BCUT2D eigenvalue weighted by Crippen LogP contribution is -2.37. The number of furan rings is 1. The average molecular weight is 341 g/mol. The molecule has 0 bridgehead atoms. The number of hydrogen-bond acceptors (Lipinski definition) is 2. The average Bonchev–Trinajstić information content (AvgIpc) is 2.83. The summed E-state index contributed by atoms with van der Waals surface area (Å²) in [7, 11) is -2.79. The second-order valence-electron chi connectivity index (χ2n) is 8.45. The van der Waals surface area contributed by atoms with Crippen molar-refractivity contribution in [3.05, 3.63) is 17.9 Å². The van der Waals surface area contributed by atoms with Crippen LogP contribution in [0.25, 0.3) is 0 Å². The zero-order valence-corrected chi connectivity index (χ0v) is 17.2. The van der Waals surface area contributed by atoms with E-state index >= 15 is 0 Å². The molecular formula is C19H36NO2P. The van der Waals surface area contributed by atoms with Crippen molar-refractivity contribution in [1.82, 2.24) is 4.67 Å². The van der Waals surface area contributed by atoms with Crippen LogP contribution in [0.2, 0.25) is 0 Å². The highest BCUT2D eigenvalue weighted by atomic mass is 31.2. The molecule has 1 aromatic heterocycles. The summed E-state index contributed by atoms with van der Waals surface area (Å²) in [4.78, 5) is 0. The summed E-state index contributed by atoms with van der Waals surface area (Å²) in [5.74, 6) is 2.03. The molecule has 0 aromatic carbocycles. The quantitative estimate of drug-likeness (QED) is 0.570. The summed E-state index contributed by atoms with van der Waals surface area (Å²) in [5, 5.41) is -0.342. The molecule has 23 heavy (non-hydrogen) atoms. The second-order valence-corrected chi connectivity index (χ2v) is 11.9. The minimum Gasteiger partial charge on any atom is -0.457 e. The highest BCUT2D eigenvalue weighted by Crippen LogP contribution is 2.60. The van der Waals surface area contributed by atoms with E-state index in [0.29, 0.717) is 17.3 Å². The van der Waals surface area contributed by atoms with E-state index in [1.54, 1.807) is 0 Å². The van der Waals surface area contributed by atoms with E-state index in [9.17, 15) is 4.57 Å². The van der Waals surface area contributed by atoms with Gasteiger partial charge in [0.25, 0.3) is 0 Å². The van der Waals surface area contributed by atoms with E-state index in [1.165, 1.54) is 0 Å². The van der Waals surface area contributed by atoms with Gasteiger partial charge in [-0.25, -0.2) is 4.67 Å². The van der Waals surface area contributed by atoms with Crippen LogP contribution in [-0.4, -0.2) is 22.9 Å². The van der Waals surface area contributed by atoms with Crippen LogP contribution in [0.1, 0.15) is 67.1 Å². The molecule has 1 rings (SSSR count). The van der Waals surface area contributed by atoms with Gasteiger partial charge >= 0.3 is 0 Å². The monoisotopic (exact) mass is 341 g/mol. The first-order valence-electron chi connectivity index (χ1n) is 8.91. The van der Waals surface area contributed by atoms with Crippen LogP contribution < -0.4 is 5.50 Å². The SMILES string of the molecule is Cc1ccc(P(=O)(N(CCC(C)C)CCC(C)C)C(C)(C)C)o1. The molecule has 1 heterocycles. The van der Waals surface area contributed by atoms with E-state index in [4.69, 9.17) is 4.42 Å².